The van der Waals surface area contributed by atoms with Crippen molar-refractivity contribution >= 4 is 33.2 Å². The van der Waals surface area contributed by atoms with Crippen LogP contribution in [0.1, 0.15) is 32.1 Å². The van der Waals surface area contributed by atoms with Crippen molar-refractivity contribution in [3.63, 3.8) is 0 Å². The molecule has 1 heterocycles. The fourth-order valence-electron chi connectivity index (χ4n) is 1.50. The number of hydrogen-bond acceptors (Lipinski definition) is 3. The van der Waals surface area contributed by atoms with Gasteiger partial charge < -0.3 is 10.6 Å². The smallest absolute Gasteiger partial charge is 0.224 e. The van der Waals surface area contributed by atoms with Gasteiger partial charge in [0, 0.05) is 23.4 Å². The molecule has 0 spiro atoms. The van der Waals surface area contributed by atoms with Crippen LogP contribution in [0.4, 0.5) is 0 Å². The Labute approximate surface area is 115 Å². The minimum atomic E-state index is -0.444. The number of amides is 1. The molecule has 1 aromatic heterocycles. The average molecular weight is 319 g/mol. The lowest BCUT2D eigenvalue weighted by Gasteiger charge is -2.25. The molecule has 0 aliphatic heterocycles. The van der Waals surface area contributed by atoms with Gasteiger partial charge >= 0.3 is 0 Å². The number of hydrogen-bond donors (Lipinski definition) is 1. The Morgan fingerprint density at radius 1 is 1.53 bits per heavy atom. The van der Waals surface area contributed by atoms with Gasteiger partial charge in [-0.15, -0.1) is 11.3 Å². The number of rotatable bonds is 5. The molecule has 0 unspecified atom stereocenters. The molecule has 0 aliphatic rings. The molecule has 0 aliphatic carbocycles. The Morgan fingerprint density at radius 2 is 2.18 bits per heavy atom. The Balaban J connectivity index is 2.62. The molecule has 2 N–H and O–H groups in total. The zero-order chi connectivity index (χ0) is 13.1. The van der Waals surface area contributed by atoms with Gasteiger partial charge in [-0.05, 0) is 48.8 Å². The van der Waals surface area contributed by atoms with Crippen molar-refractivity contribution in [2.24, 2.45) is 5.73 Å². The van der Waals surface area contributed by atoms with E-state index in [1.165, 1.54) is 4.88 Å². The molecule has 0 saturated heterocycles. The number of carbonyl (C=O) groups is 1. The number of halogens is 1. The average Bonchev–Trinajstić information content (AvgIpc) is 2.57. The Morgan fingerprint density at radius 3 is 2.59 bits per heavy atom. The summed E-state index contributed by atoms with van der Waals surface area (Å²) in [5.74, 6) is 0.115. The second-order valence-corrected chi connectivity index (χ2v) is 7.33. The van der Waals surface area contributed by atoms with Crippen LogP contribution in [0, 0.1) is 0 Å². The molecule has 1 aromatic rings. The van der Waals surface area contributed by atoms with Crippen LogP contribution in [0.25, 0.3) is 0 Å². The number of carbonyl (C=O) groups excluding carboxylic acids is 1. The molecular weight excluding hydrogens is 300 g/mol. The maximum atomic E-state index is 12.0. The third-order valence-corrected chi connectivity index (χ3v) is 3.93. The normalized spacial score (nSPS) is 11.6. The van der Waals surface area contributed by atoms with Crippen LogP contribution in [-0.2, 0) is 11.3 Å². The number of nitrogens with zero attached hydrogens (tertiary/aromatic N) is 1. The van der Waals surface area contributed by atoms with Gasteiger partial charge in [0.2, 0.25) is 5.91 Å². The minimum Gasteiger partial charge on any atom is -0.338 e. The fourth-order valence-corrected chi connectivity index (χ4v) is 3.00. The molecule has 0 aromatic carbocycles. The molecule has 0 bridgehead atoms. The molecule has 0 saturated carbocycles. The molecule has 1 amide bonds. The summed E-state index contributed by atoms with van der Waals surface area (Å²) in [7, 11) is 0. The van der Waals surface area contributed by atoms with Crippen LogP contribution in [0.3, 0.4) is 0 Å². The zero-order valence-electron chi connectivity index (χ0n) is 10.5. The molecular formula is C12H19BrN2OS. The maximum Gasteiger partial charge on any atom is 0.224 e. The zero-order valence-corrected chi connectivity index (χ0v) is 12.9. The van der Waals surface area contributed by atoms with E-state index in [2.05, 4.69) is 15.9 Å². The van der Waals surface area contributed by atoms with E-state index in [0.29, 0.717) is 19.5 Å². The summed E-state index contributed by atoms with van der Waals surface area (Å²) in [4.78, 5) is 15.1. The second-order valence-electron chi connectivity index (χ2n) is 4.78. The molecule has 5 heteroatoms. The summed E-state index contributed by atoms with van der Waals surface area (Å²) in [6.07, 6.45) is 0.382. The van der Waals surface area contributed by atoms with Crippen LogP contribution in [-0.4, -0.2) is 22.9 Å². The van der Waals surface area contributed by atoms with E-state index in [9.17, 15) is 4.79 Å². The molecule has 17 heavy (non-hydrogen) atoms. The summed E-state index contributed by atoms with van der Waals surface area (Å²) in [5, 5.41) is 0. The van der Waals surface area contributed by atoms with Gasteiger partial charge in [0.15, 0.2) is 0 Å². The largest absolute Gasteiger partial charge is 0.338 e. The Kier molecular flexibility index (Phi) is 5.16. The molecule has 0 atom stereocenters. The predicted molar refractivity (Wildman–Crippen MR) is 76.0 cm³/mol. The van der Waals surface area contributed by atoms with E-state index >= 15 is 0 Å². The quantitative estimate of drug-likeness (QED) is 0.907. The van der Waals surface area contributed by atoms with E-state index in [0.717, 1.165) is 3.79 Å². The monoisotopic (exact) mass is 318 g/mol. The van der Waals surface area contributed by atoms with Gasteiger partial charge in [0.25, 0.3) is 0 Å². The Hall–Kier alpha value is -0.390. The Bertz CT molecular complexity index is 384. The van der Waals surface area contributed by atoms with Crippen molar-refractivity contribution < 1.29 is 4.79 Å². The first-order valence-electron chi connectivity index (χ1n) is 5.62. The van der Waals surface area contributed by atoms with Crippen LogP contribution < -0.4 is 5.73 Å². The highest BCUT2D eigenvalue weighted by molar-refractivity contribution is 9.11. The van der Waals surface area contributed by atoms with Gasteiger partial charge in [-0.25, -0.2) is 0 Å². The van der Waals surface area contributed by atoms with Crippen LogP contribution in [0.2, 0.25) is 0 Å². The van der Waals surface area contributed by atoms with Crippen molar-refractivity contribution in [1.82, 2.24) is 4.90 Å². The molecule has 96 valence electrons. The lowest BCUT2D eigenvalue weighted by molar-refractivity contribution is -0.132. The summed E-state index contributed by atoms with van der Waals surface area (Å²) in [6.45, 7) is 7.12. The minimum absolute atomic E-state index is 0.115. The lowest BCUT2D eigenvalue weighted by Crippen LogP contribution is -2.40. The second kappa shape index (κ2) is 5.98. The summed E-state index contributed by atoms with van der Waals surface area (Å²) < 4.78 is 1.09. The van der Waals surface area contributed by atoms with E-state index in [-0.39, 0.29) is 5.91 Å². The number of thiophene rings is 1. The van der Waals surface area contributed by atoms with Crippen molar-refractivity contribution in [1.29, 1.82) is 0 Å². The van der Waals surface area contributed by atoms with Crippen LogP contribution in [0.15, 0.2) is 15.9 Å². The van der Waals surface area contributed by atoms with E-state index < -0.39 is 5.54 Å². The fraction of sp³-hybridized carbons (Fsp3) is 0.583. The summed E-state index contributed by atoms with van der Waals surface area (Å²) in [5.41, 5.74) is 5.43. The standard InChI is InChI=1S/C12H19BrN2OS/c1-4-15(11(16)7-12(2,3)14)8-9-5-6-10(13)17-9/h5-6H,4,7-8,14H2,1-3H3. The molecule has 0 radical (unpaired) electrons. The van der Waals surface area contributed by atoms with E-state index in [4.69, 9.17) is 5.73 Å². The summed E-state index contributed by atoms with van der Waals surface area (Å²) in [6, 6.07) is 4.05. The van der Waals surface area contributed by atoms with Crippen molar-refractivity contribution in [3.8, 4) is 0 Å². The van der Waals surface area contributed by atoms with Gasteiger partial charge in [0.1, 0.15) is 0 Å². The molecule has 1 rings (SSSR count). The van der Waals surface area contributed by atoms with Gasteiger partial charge in [0.05, 0.1) is 10.3 Å². The highest BCUT2D eigenvalue weighted by atomic mass is 79.9. The van der Waals surface area contributed by atoms with Gasteiger partial charge in [-0.3, -0.25) is 4.79 Å². The first-order valence-corrected chi connectivity index (χ1v) is 7.23. The van der Waals surface area contributed by atoms with Crippen LogP contribution >= 0.6 is 27.3 Å². The maximum absolute atomic E-state index is 12.0. The highest BCUT2D eigenvalue weighted by Crippen LogP contribution is 2.23. The first kappa shape index (κ1) is 14.7. The third-order valence-electron chi connectivity index (χ3n) is 2.32. The lowest BCUT2D eigenvalue weighted by atomic mass is 10.0. The van der Waals surface area contributed by atoms with Crippen LogP contribution in [0.5, 0.6) is 0 Å². The number of nitrogens with two attached hydrogens (primary N) is 1. The van der Waals surface area contributed by atoms with Gasteiger partial charge in [-0.2, -0.15) is 0 Å². The first-order chi connectivity index (χ1) is 7.81. The van der Waals surface area contributed by atoms with Crippen molar-refractivity contribution in [3.05, 3.63) is 20.8 Å². The van der Waals surface area contributed by atoms with Gasteiger partial charge in [-0.1, -0.05) is 0 Å². The predicted octanol–water partition coefficient (Wildman–Crippen LogP) is 2.99. The third kappa shape index (κ3) is 5.19. The molecule has 3 nitrogen and oxygen atoms in total. The highest BCUT2D eigenvalue weighted by Gasteiger charge is 2.21. The van der Waals surface area contributed by atoms with Crippen molar-refractivity contribution in [2.45, 2.75) is 39.3 Å². The van der Waals surface area contributed by atoms with E-state index in [1.54, 1.807) is 11.3 Å². The summed E-state index contributed by atoms with van der Waals surface area (Å²) >= 11 is 5.08. The topological polar surface area (TPSA) is 46.3 Å². The SMILES string of the molecule is CCN(Cc1ccc(Br)s1)C(=O)CC(C)(C)N. The van der Waals surface area contributed by atoms with Crippen molar-refractivity contribution in [2.75, 3.05) is 6.54 Å². The molecule has 0 fully saturated rings. The van der Waals surface area contributed by atoms with E-state index in [1.807, 2.05) is 37.8 Å².